The van der Waals surface area contributed by atoms with Gasteiger partial charge in [-0.2, -0.15) is 0 Å². The van der Waals surface area contributed by atoms with E-state index in [1.165, 1.54) is 36.3 Å². The molecule has 1 saturated heterocycles. The number of esters is 1. The zero-order valence-corrected chi connectivity index (χ0v) is 20.2. The van der Waals surface area contributed by atoms with E-state index in [-0.39, 0.29) is 11.9 Å². The standard InChI is InChI=1S/C28H39NO3/c1-28(2,3)24-8-11-25(12-9-24)32-26-10-7-22-17-20(5-6-23(22)18-26)19-29-15-13-21(14-16-29)27(30)31-4/h5-7,10,17-18,21,24-25H,8-9,11-16,19H2,1-4H3. The summed E-state index contributed by atoms with van der Waals surface area (Å²) in [7, 11) is 1.48. The van der Waals surface area contributed by atoms with Gasteiger partial charge in [-0.15, -0.1) is 0 Å². The molecule has 0 atom stereocenters. The van der Waals surface area contributed by atoms with Crippen LogP contribution in [0.2, 0.25) is 0 Å². The number of benzene rings is 2. The number of methoxy groups -OCH3 is 1. The normalized spacial score (nSPS) is 23.2. The quantitative estimate of drug-likeness (QED) is 0.521. The van der Waals surface area contributed by atoms with Crippen LogP contribution >= 0.6 is 0 Å². The molecule has 4 rings (SSSR count). The van der Waals surface area contributed by atoms with Crippen LogP contribution in [0.5, 0.6) is 5.75 Å². The highest BCUT2D eigenvalue weighted by molar-refractivity contribution is 5.84. The van der Waals surface area contributed by atoms with Gasteiger partial charge in [0, 0.05) is 6.54 Å². The molecule has 0 bridgehead atoms. The average molecular weight is 438 g/mol. The number of likely N-dealkylation sites (tertiary alicyclic amines) is 1. The van der Waals surface area contributed by atoms with Crippen LogP contribution in [0, 0.1) is 17.3 Å². The van der Waals surface area contributed by atoms with Crippen molar-refractivity contribution in [3.8, 4) is 5.75 Å². The lowest BCUT2D eigenvalue weighted by atomic mass is 9.72. The van der Waals surface area contributed by atoms with E-state index in [9.17, 15) is 4.79 Å². The van der Waals surface area contributed by atoms with Crippen molar-refractivity contribution < 1.29 is 14.3 Å². The maximum Gasteiger partial charge on any atom is 0.308 e. The Kier molecular flexibility index (Phi) is 7.09. The summed E-state index contributed by atoms with van der Waals surface area (Å²) in [4.78, 5) is 14.2. The molecule has 0 radical (unpaired) electrons. The van der Waals surface area contributed by atoms with E-state index < -0.39 is 0 Å². The first-order valence-electron chi connectivity index (χ1n) is 12.3. The van der Waals surface area contributed by atoms with E-state index in [4.69, 9.17) is 9.47 Å². The molecule has 0 unspecified atom stereocenters. The Morgan fingerprint density at radius 3 is 2.25 bits per heavy atom. The summed E-state index contributed by atoms with van der Waals surface area (Å²) in [6, 6.07) is 13.3. The van der Waals surface area contributed by atoms with Gasteiger partial charge in [0.2, 0.25) is 0 Å². The van der Waals surface area contributed by atoms with E-state index in [1.807, 2.05) is 0 Å². The second-order valence-corrected chi connectivity index (χ2v) is 10.9. The van der Waals surface area contributed by atoms with Crippen molar-refractivity contribution >= 4 is 16.7 Å². The van der Waals surface area contributed by atoms with E-state index in [0.717, 1.165) is 57.0 Å². The Labute approximate surface area is 193 Å². The lowest BCUT2D eigenvalue weighted by Gasteiger charge is -2.37. The Morgan fingerprint density at radius 2 is 1.59 bits per heavy atom. The minimum Gasteiger partial charge on any atom is -0.490 e. The van der Waals surface area contributed by atoms with Crippen LogP contribution in [0.4, 0.5) is 0 Å². The van der Waals surface area contributed by atoms with Crippen molar-refractivity contribution in [3.05, 3.63) is 42.0 Å². The van der Waals surface area contributed by atoms with Gasteiger partial charge >= 0.3 is 5.97 Å². The molecule has 32 heavy (non-hydrogen) atoms. The number of carbonyl (C=O) groups is 1. The van der Waals surface area contributed by atoms with Crippen LogP contribution in [0.25, 0.3) is 10.8 Å². The topological polar surface area (TPSA) is 38.8 Å². The van der Waals surface area contributed by atoms with Crippen molar-refractivity contribution in [3.63, 3.8) is 0 Å². The molecular weight excluding hydrogens is 398 g/mol. The van der Waals surface area contributed by atoms with Gasteiger partial charge in [-0.25, -0.2) is 0 Å². The number of rotatable bonds is 5. The smallest absolute Gasteiger partial charge is 0.308 e. The molecule has 1 aliphatic carbocycles. The van der Waals surface area contributed by atoms with Crippen LogP contribution in [0.15, 0.2) is 36.4 Å². The molecular formula is C28H39NO3. The van der Waals surface area contributed by atoms with Gasteiger partial charge in [-0.05, 0) is 97.5 Å². The van der Waals surface area contributed by atoms with E-state index in [1.54, 1.807) is 0 Å². The fourth-order valence-electron chi connectivity index (χ4n) is 5.44. The zero-order valence-electron chi connectivity index (χ0n) is 20.2. The number of carbonyl (C=O) groups excluding carboxylic acids is 1. The van der Waals surface area contributed by atoms with Gasteiger partial charge in [0.1, 0.15) is 5.75 Å². The average Bonchev–Trinajstić information content (AvgIpc) is 2.79. The van der Waals surface area contributed by atoms with Crippen LogP contribution in [0.1, 0.15) is 64.9 Å². The molecule has 1 saturated carbocycles. The first-order chi connectivity index (χ1) is 15.3. The summed E-state index contributed by atoms with van der Waals surface area (Å²) in [6.45, 7) is 9.91. The molecule has 174 valence electrons. The number of hydrogen-bond acceptors (Lipinski definition) is 4. The molecule has 0 spiro atoms. The molecule has 1 heterocycles. The molecule has 2 aliphatic rings. The van der Waals surface area contributed by atoms with Crippen molar-refractivity contribution in [1.29, 1.82) is 0 Å². The van der Waals surface area contributed by atoms with Crippen molar-refractivity contribution in [2.45, 2.75) is 71.9 Å². The lowest BCUT2D eigenvalue weighted by molar-refractivity contribution is -0.147. The third kappa shape index (κ3) is 5.64. The predicted octanol–water partition coefficient (Wildman–Crippen LogP) is 6.21. The largest absolute Gasteiger partial charge is 0.490 e. The van der Waals surface area contributed by atoms with Crippen molar-refractivity contribution in [2.75, 3.05) is 20.2 Å². The van der Waals surface area contributed by atoms with Gasteiger partial charge in [-0.3, -0.25) is 9.69 Å². The molecule has 0 aromatic heterocycles. The molecule has 0 N–H and O–H groups in total. The highest BCUT2D eigenvalue weighted by Gasteiger charge is 2.30. The van der Waals surface area contributed by atoms with Crippen LogP contribution in [-0.4, -0.2) is 37.2 Å². The number of fused-ring (bicyclic) bond motifs is 1. The van der Waals surface area contributed by atoms with E-state index >= 15 is 0 Å². The summed E-state index contributed by atoms with van der Waals surface area (Å²) >= 11 is 0. The van der Waals surface area contributed by atoms with E-state index in [0.29, 0.717) is 11.5 Å². The zero-order chi connectivity index (χ0) is 22.7. The van der Waals surface area contributed by atoms with Gasteiger partial charge in [0.25, 0.3) is 0 Å². The second kappa shape index (κ2) is 9.82. The van der Waals surface area contributed by atoms with Gasteiger partial charge in [0.05, 0.1) is 19.1 Å². The van der Waals surface area contributed by atoms with Gasteiger partial charge in [-0.1, -0.05) is 39.0 Å². The predicted molar refractivity (Wildman–Crippen MR) is 130 cm³/mol. The summed E-state index contributed by atoms with van der Waals surface area (Å²) in [5.74, 6) is 1.81. The lowest BCUT2D eigenvalue weighted by Crippen LogP contribution is -2.36. The molecule has 2 aromatic carbocycles. The van der Waals surface area contributed by atoms with Crippen LogP contribution < -0.4 is 4.74 Å². The molecule has 2 aromatic rings. The second-order valence-electron chi connectivity index (χ2n) is 10.9. The first kappa shape index (κ1) is 23.1. The van der Waals surface area contributed by atoms with Gasteiger partial charge in [0.15, 0.2) is 0 Å². The fourth-order valence-corrected chi connectivity index (χ4v) is 5.44. The number of ether oxygens (including phenoxy) is 2. The SMILES string of the molecule is COC(=O)C1CCN(Cc2ccc3cc(OC4CCC(C(C)(C)C)CC4)ccc3c2)CC1. The first-order valence-corrected chi connectivity index (χ1v) is 12.3. The van der Waals surface area contributed by atoms with E-state index in [2.05, 4.69) is 62.1 Å². The highest BCUT2D eigenvalue weighted by Crippen LogP contribution is 2.39. The number of piperidine rings is 1. The third-order valence-corrected chi connectivity index (χ3v) is 7.61. The minimum absolute atomic E-state index is 0.0596. The number of nitrogens with zero attached hydrogens (tertiary/aromatic N) is 1. The maximum absolute atomic E-state index is 11.7. The molecule has 1 aliphatic heterocycles. The summed E-state index contributed by atoms with van der Waals surface area (Å²) in [5.41, 5.74) is 1.73. The number of hydrogen-bond donors (Lipinski definition) is 0. The Bertz CT molecular complexity index is 916. The minimum atomic E-state index is -0.0596. The summed E-state index contributed by atoms with van der Waals surface area (Å²) < 4.78 is 11.3. The van der Waals surface area contributed by atoms with Gasteiger partial charge < -0.3 is 9.47 Å². The highest BCUT2D eigenvalue weighted by atomic mass is 16.5. The van der Waals surface area contributed by atoms with Crippen LogP contribution in [-0.2, 0) is 16.1 Å². The van der Waals surface area contributed by atoms with Crippen molar-refractivity contribution in [1.82, 2.24) is 4.90 Å². The maximum atomic E-state index is 11.7. The summed E-state index contributed by atoms with van der Waals surface area (Å²) in [5, 5.41) is 2.50. The Balaban J connectivity index is 1.32. The fraction of sp³-hybridized carbons (Fsp3) is 0.607. The molecule has 4 heteroatoms. The monoisotopic (exact) mass is 437 g/mol. The third-order valence-electron chi connectivity index (χ3n) is 7.61. The molecule has 0 amide bonds. The molecule has 2 fully saturated rings. The molecule has 4 nitrogen and oxygen atoms in total. The van der Waals surface area contributed by atoms with Crippen LogP contribution in [0.3, 0.4) is 0 Å². The Morgan fingerprint density at radius 1 is 0.938 bits per heavy atom. The Hall–Kier alpha value is -2.07. The van der Waals surface area contributed by atoms with Crippen molar-refractivity contribution in [2.24, 2.45) is 17.3 Å². The summed E-state index contributed by atoms with van der Waals surface area (Å²) in [6.07, 6.45) is 6.97.